The van der Waals surface area contributed by atoms with Crippen molar-refractivity contribution in [2.45, 2.75) is 0 Å². The fraction of sp³-hybridized carbons (Fsp3) is 0. The second-order valence-corrected chi connectivity index (χ2v) is 2.60. The van der Waals surface area contributed by atoms with Crippen LogP contribution in [0.3, 0.4) is 0 Å². The van der Waals surface area contributed by atoms with Crippen molar-refractivity contribution >= 4 is 5.69 Å². The lowest BCUT2D eigenvalue weighted by molar-refractivity contribution is 0.509. The van der Waals surface area contributed by atoms with Gasteiger partial charge in [0.15, 0.2) is 17.5 Å². The van der Waals surface area contributed by atoms with Gasteiger partial charge in [-0.2, -0.15) is 0 Å². The van der Waals surface area contributed by atoms with Crippen LogP contribution in [0.15, 0.2) is 12.1 Å². The first-order chi connectivity index (χ1) is 6.68. The Kier molecular flexibility index (Phi) is 1.84. The Hall–Kier alpha value is -2.05. The number of rotatable bonds is 1. The van der Waals surface area contributed by atoms with Gasteiger partial charge in [0.25, 0.3) is 0 Å². The van der Waals surface area contributed by atoms with E-state index in [4.69, 9.17) is 5.73 Å². The molecule has 2 rings (SSSR count). The summed E-state index contributed by atoms with van der Waals surface area (Å²) in [5.41, 5.74) is 5.76. The Bertz CT molecular complexity index is 453. The van der Waals surface area contributed by atoms with Gasteiger partial charge in [-0.3, -0.25) is 0 Å². The number of nitrogen functional groups attached to an aromatic ring is 1. The molecular weight excluding hydrogens is 192 g/mol. The molecule has 1 aromatic heterocycles. The van der Waals surface area contributed by atoms with Gasteiger partial charge < -0.3 is 5.73 Å². The zero-order valence-corrected chi connectivity index (χ0v) is 6.83. The van der Waals surface area contributed by atoms with E-state index in [1.807, 2.05) is 0 Å². The maximum atomic E-state index is 12.8. The van der Waals surface area contributed by atoms with Gasteiger partial charge in [0.1, 0.15) is 0 Å². The van der Waals surface area contributed by atoms with Crippen LogP contribution in [0.2, 0.25) is 0 Å². The maximum absolute atomic E-state index is 12.8. The van der Waals surface area contributed by atoms with Crippen molar-refractivity contribution in [3.05, 3.63) is 23.8 Å². The number of aromatic amines is 1. The SMILES string of the molecule is Nc1cc(F)c(F)cc1-c1nnn[nH]1. The van der Waals surface area contributed by atoms with Crippen molar-refractivity contribution in [3.8, 4) is 11.4 Å². The zero-order valence-electron chi connectivity index (χ0n) is 6.83. The zero-order chi connectivity index (χ0) is 10.1. The third-order valence-corrected chi connectivity index (χ3v) is 1.69. The van der Waals surface area contributed by atoms with Crippen molar-refractivity contribution < 1.29 is 8.78 Å². The van der Waals surface area contributed by atoms with Crippen LogP contribution in [-0.2, 0) is 0 Å². The molecule has 0 spiro atoms. The summed E-state index contributed by atoms with van der Waals surface area (Å²) in [7, 11) is 0. The first-order valence-corrected chi connectivity index (χ1v) is 3.67. The highest BCUT2D eigenvalue weighted by atomic mass is 19.2. The van der Waals surface area contributed by atoms with E-state index in [-0.39, 0.29) is 17.1 Å². The van der Waals surface area contributed by atoms with Crippen molar-refractivity contribution in [2.75, 3.05) is 5.73 Å². The predicted octanol–water partition coefficient (Wildman–Crippen LogP) is 0.727. The number of nitrogens with one attached hydrogen (secondary N) is 1. The van der Waals surface area contributed by atoms with Gasteiger partial charge in [0.05, 0.1) is 0 Å². The normalized spacial score (nSPS) is 10.4. The molecule has 14 heavy (non-hydrogen) atoms. The lowest BCUT2D eigenvalue weighted by atomic mass is 10.1. The summed E-state index contributed by atoms with van der Waals surface area (Å²) in [5.74, 6) is -1.80. The molecule has 1 aromatic carbocycles. The van der Waals surface area contributed by atoms with Crippen molar-refractivity contribution in [2.24, 2.45) is 0 Å². The monoisotopic (exact) mass is 197 g/mol. The quantitative estimate of drug-likeness (QED) is 0.660. The van der Waals surface area contributed by atoms with Crippen LogP contribution in [0.5, 0.6) is 0 Å². The second kappa shape index (κ2) is 3.02. The molecule has 0 aliphatic heterocycles. The molecule has 7 heteroatoms. The number of hydrogen-bond acceptors (Lipinski definition) is 4. The van der Waals surface area contributed by atoms with Crippen molar-refractivity contribution in [1.29, 1.82) is 0 Å². The minimum atomic E-state index is -1.00. The molecule has 0 aliphatic carbocycles. The van der Waals surface area contributed by atoms with E-state index in [0.717, 1.165) is 12.1 Å². The summed E-state index contributed by atoms with van der Waals surface area (Å²) in [6.45, 7) is 0. The minimum Gasteiger partial charge on any atom is -0.398 e. The van der Waals surface area contributed by atoms with E-state index in [2.05, 4.69) is 20.6 Å². The van der Waals surface area contributed by atoms with Gasteiger partial charge in [-0.05, 0) is 16.5 Å². The van der Waals surface area contributed by atoms with Gasteiger partial charge in [-0.15, -0.1) is 5.10 Å². The standard InChI is InChI=1S/C7H5F2N5/c8-4-1-3(6(10)2-5(4)9)7-11-13-14-12-7/h1-2H,10H2,(H,11,12,13,14). The number of nitrogens with zero attached hydrogens (tertiary/aromatic N) is 3. The van der Waals surface area contributed by atoms with Crippen LogP contribution in [0.4, 0.5) is 14.5 Å². The molecule has 0 fully saturated rings. The van der Waals surface area contributed by atoms with Crippen LogP contribution in [0, 0.1) is 11.6 Å². The molecule has 0 radical (unpaired) electrons. The number of H-pyrrole nitrogens is 1. The topological polar surface area (TPSA) is 80.5 Å². The molecule has 0 unspecified atom stereocenters. The van der Waals surface area contributed by atoms with Crippen molar-refractivity contribution in [1.82, 2.24) is 20.6 Å². The molecule has 2 aromatic rings. The highest BCUT2D eigenvalue weighted by Gasteiger charge is 2.11. The molecule has 0 saturated heterocycles. The lowest BCUT2D eigenvalue weighted by Gasteiger charge is -2.01. The Morgan fingerprint density at radius 3 is 2.57 bits per heavy atom. The number of nitrogens with two attached hydrogens (primary N) is 1. The van der Waals surface area contributed by atoms with Crippen LogP contribution in [-0.4, -0.2) is 20.6 Å². The summed E-state index contributed by atoms with van der Waals surface area (Å²) in [4.78, 5) is 0. The number of hydrogen-bond donors (Lipinski definition) is 2. The first kappa shape index (κ1) is 8.54. The van der Waals surface area contributed by atoms with Gasteiger partial charge in [-0.1, -0.05) is 0 Å². The third kappa shape index (κ3) is 1.28. The fourth-order valence-corrected chi connectivity index (χ4v) is 1.04. The number of tetrazole rings is 1. The highest BCUT2D eigenvalue weighted by Crippen LogP contribution is 2.24. The maximum Gasteiger partial charge on any atom is 0.181 e. The molecular formula is C7H5F2N5. The molecule has 3 N–H and O–H groups in total. The minimum absolute atomic E-state index is 0.0717. The van der Waals surface area contributed by atoms with E-state index < -0.39 is 11.6 Å². The lowest BCUT2D eigenvalue weighted by Crippen LogP contribution is -1.95. The Labute approximate surface area is 76.9 Å². The predicted molar refractivity (Wildman–Crippen MR) is 43.9 cm³/mol. The molecule has 0 atom stereocenters. The number of halogens is 2. The van der Waals surface area contributed by atoms with Gasteiger partial charge >= 0.3 is 0 Å². The molecule has 0 aliphatic rings. The van der Waals surface area contributed by atoms with E-state index in [0.29, 0.717) is 0 Å². The molecule has 72 valence electrons. The van der Waals surface area contributed by atoms with Crippen LogP contribution < -0.4 is 5.73 Å². The molecule has 0 amide bonds. The highest BCUT2D eigenvalue weighted by molar-refractivity contribution is 5.70. The average Bonchev–Trinajstić information content (AvgIpc) is 2.64. The summed E-state index contributed by atoms with van der Waals surface area (Å²) in [6.07, 6.45) is 0. The van der Waals surface area contributed by atoms with Gasteiger partial charge in [0.2, 0.25) is 0 Å². The molecule has 0 saturated carbocycles. The Balaban J connectivity index is 2.60. The smallest absolute Gasteiger partial charge is 0.181 e. The first-order valence-electron chi connectivity index (χ1n) is 3.67. The largest absolute Gasteiger partial charge is 0.398 e. The number of anilines is 1. The Morgan fingerprint density at radius 2 is 1.93 bits per heavy atom. The fourth-order valence-electron chi connectivity index (χ4n) is 1.04. The van der Waals surface area contributed by atoms with Crippen LogP contribution in [0.25, 0.3) is 11.4 Å². The molecule has 5 nitrogen and oxygen atoms in total. The van der Waals surface area contributed by atoms with Crippen molar-refractivity contribution in [3.63, 3.8) is 0 Å². The summed E-state index contributed by atoms with van der Waals surface area (Å²) >= 11 is 0. The summed E-state index contributed by atoms with van der Waals surface area (Å²) in [5, 5.41) is 12.5. The van der Waals surface area contributed by atoms with E-state index in [1.165, 1.54) is 0 Å². The number of benzene rings is 1. The van der Waals surface area contributed by atoms with Crippen LogP contribution >= 0.6 is 0 Å². The van der Waals surface area contributed by atoms with Gasteiger partial charge in [-0.25, -0.2) is 13.9 Å². The van der Waals surface area contributed by atoms with E-state index in [9.17, 15) is 8.78 Å². The van der Waals surface area contributed by atoms with Crippen LogP contribution in [0.1, 0.15) is 0 Å². The average molecular weight is 197 g/mol. The molecule has 0 bridgehead atoms. The third-order valence-electron chi connectivity index (χ3n) is 1.69. The Morgan fingerprint density at radius 1 is 1.21 bits per heavy atom. The number of aromatic nitrogens is 4. The summed E-state index contributed by atoms with van der Waals surface area (Å²) < 4.78 is 25.5. The summed E-state index contributed by atoms with van der Waals surface area (Å²) in [6, 6.07) is 1.82. The van der Waals surface area contributed by atoms with Gasteiger partial charge in [0, 0.05) is 17.3 Å². The second-order valence-electron chi connectivity index (χ2n) is 2.60. The van der Waals surface area contributed by atoms with E-state index >= 15 is 0 Å². The van der Waals surface area contributed by atoms with E-state index in [1.54, 1.807) is 0 Å². The molecule has 1 heterocycles.